The molecule has 0 amide bonds. The smallest absolute Gasteiger partial charge is 0.339 e. The fourth-order valence-electron chi connectivity index (χ4n) is 2.22. The van der Waals surface area contributed by atoms with Gasteiger partial charge < -0.3 is 10.4 Å². The fraction of sp³-hybridized carbons (Fsp3) is 0.214. The van der Waals surface area contributed by atoms with E-state index in [1.165, 1.54) is 11.8 Å². The highest BCUT2D eigenvalue weighted by atomic mass is 32.1. The molecule has 0 aliphatic carbocycles. The predicted octanol–water partition coefficient (Wildman–Crippen LogP) is 2.38. The van der Waals surface area contributed by atoms with Gasteiger partial charge in [-0.25, -0.2) is 9.78 Å². The van der Waals surface area contributed by atoms with Crippen LogP contribution in [0.25, 0.3) is 11.0 Å². The van der Waals surface area contributed by atoms with Gasteiger partial charge >= 0.3 is 5.97 Å². The van der Waals surface area contributed by atoms with E-state index < -0.39 is 5.97 Å². The highest BCUT2D eigenvalue weighted by Crippen LogP contribution is 2.25. The highest BCUT2D eigenvalue weighted by molar-refractivity contribution is 7.07. The van der Waals surface area contributed by atoms with Gasteiger partial charge in [0, 0.05) is 19.8 Å². The van der Waals surface area contributed by atoms with E-state index in [0.29, 0.717) is 17.9 Å². The first-order valence-corrected chi connectivity index (χ1v) is 7.40. The molecule has 0 radical (unpaired) electrons. The molecule has 2 N–H and O–H groups in total. The molecule has 3 aromatic rings. The molecule has 0 fully saturated rings. The lowest BCUT2D eigenvalue weighted by Gasteiger charge is -2.10. The number of hydrogen-bond donors (Lipinski definition) is 2. The van der Waals surface area contributed by atoms with E-state index in [4.69, 9.17) is 0 Å². The average Bonchev–Trinajstić information content (AvgIpc) is 3.09. The minimum Gasteiger partial charge on any atom is -0.478 e. The third-order valence-electron chi connectivity index (χ3n) is 3.29. The lowest BCUT2D eigenvalue weighted by molar-refractivity contribution is 0.0697. The lowest BCUT2D eigenvalue weighted by atomic mass is 10.1. The van der Waals surface area contributed by atoms with Crippen LogP contribution in [0.15, 0.2) is 29.2 Å². The second-order valence-electron chi connectivity index (χ2n) is 4.67. The Balaban J connectivity index is 1.90. The van der Waals surface area contributed by atoms with Crippen LogP contribution in [0, 0.1) is 0 Å². The quantitative estimate of drug-likeness (QED) is 0.756. The van der Waals surface area contributed by atoms with Gasteiger partial charge in [0.2, 0.25) is 0 Å². The molecule has 3 heterocycles. The average molecular weight is 302 g/mol. The number of aromatic nitrogens is 3. The number of aromatic carboxylic acids is 1. The van der Waals surface area contributed by atoms with Crippen molar-refractivity contribution >= 4 is 34.0 Å². The zero-order chi connectivity index (χ0) is 14.8. The number of thiophene rings is 1. The van der Waals surface area contributed by atoms with Crippen LogP contribution in [0.4, 0.5) is 5.69 Å². The third kappa shape index (κ3) is 2.59. The largest absolute Gasteiger partial charge is 0.478 e. The molecule has 0 atom stereocenters. The molecule has 3 rings (SSSR count). The number of carboxylic acids is 1. The van der Waals surface area contributed by atoms with Gasteiger partial charge in [0.05, 0.1) is 17.3 Å². The molecule has 7 heteroatoms. The third-order valence-corrected chi connectivity index (χ3v) is 4.02. The van der Waals surface area contributed by atoms with E-state index >= 15 is 0 Å². The first-order chi connectivity index (χ1) is 10.2. The number of rotatable bonds is 5. The SMILES string of the molecule is Cn1ncc2c(NCCc3ccsc3)c(C(=O)O)cnc21. The van der Waals surface area contributed by atoms with Crippen molar-refractivity contribution in [3.8, 4) is 0 Å². The maximum Gasteiger partial charge on any atom is 0.339 e. The first kappa shape index (κ1) is 13.6. The number of hydrogen-bond acceptors (Lipinski definition) is 5. The van der Waals surface area contributed by atoms with Gasteiger partial charge in [-0.1, -0.05) is 0 Å². The van der Waals surface area contributed by atoms with Gasteiger partial charge in [0.1, 0.15) is 5.56 Å². The maximum atomic E-state index is 11.4. The van der Waals surface area contributed by atoms with Crippen molar-refractivity contribution in [3.63, 3.8) is 0 Å². The Morgan fingerprint density at radius 1 is 1.48 bits per heavy atom. The second-order valence-corrected chi connectivity index (χ2v) is 5.45. The molecule has 0 spiro atoms. The molecule has 0 saturated heterocycles. The van der Waals surface area contributed by atoms with Crippen LogP contribution in [0.5, 0.6) is 0 Å². The molecule has 0 saturated carbocycles. The van der Waals surface area contributed by atoms with Crippen LogP contribution in [-0.4, -0.2) is 32.4 Å². The standard InChI is InChI=1S/C14H14N4O2S/c1-18-13-10(7-17-18)12(11(6-16-13)14(19)20)15-4-2-9-3-5-21-8-9/h3,5-8H,2,4H2,1H3,(H,15,16)(H,19,20). The molecule has 6 nitrogen and oxygen atoms in total. The molecular weight excluding hydrogens is 288 g/mol. The van der Waals surface area contributed by atoms with Gasteiger partial charge in [0.15, 0.2) is 5.65 Å². The molecule has 0 aliphatic rings. The van der Waals surface area contributed by atoms with Crippen LogP contribution in [0.2, 0.25) is 0 Å². The number of carboxylic acid groups (broad SMARTS) is 1. The predicted molar refractivity (Wildman–Crippen MR) is 82.0 cm³/mol. The monoisotopic (exact) mass is 302 g/mol. The minimum atomic E-state index is -0.994. The molecule has 0 unspecified atom stereocenters. The number of nitrogens with zero attached hydrogens (tertiary/aromatic N) is 3. The van der Waals surface area contributed by atoms with Crippen molar-refractivity contribution in [2.75, 3.05) is 11.9 Å². The summed E-state index contributed by atoms with van der Waals surface area (Å²) in [6.45, 7) is 0.658. The van der Waals surface area contributed by atoms with Gasteiger partial charge in [-0.15, -0.1) is 0 Å². The number of anilines is 1. The van der Waals surface area contributed by atoms with E-state index in [-0.39, 0.29) is 5.56 Å². The topological polar surface area (TPSA) is 80.0 Å². The van der Waals surface area contributed by atoms with Gasteiger partial charge in [-0.05, 0) is 28.8 Å². The molecule has 3 aromatic heterocycles. The minimum absolute atomic E-state index is 0.167. The fourth-order valence-corrected chi connectivity index (χ4v) is 2.92. The summed E-state index contributed by atoms with van der Waals surface area (Å²) in [5.74, 6) is -0.994. The Kier molecular flexibility index (Phi) is 3.57. The summed E-state index contributed by atoms with van der Waals surface area (Å²) in [4.78, 5) is 15.5. The molecule has 0 aliphatic heterocycles. The van der Waals surface area contributed by atoms with E-state index in [1.54, 1.807) is 29.3 Å². The number of aryl methyl sites for hydroxylation is 1. The Morgan fingerprint density at radius 2 is 2.33 bits per heavy atom. The van der Waals surface area contributed by atoms with Crippen molar-refractivity contribution in [1.29, 1.82) is 0 Å². The number of carbonyl (C=O) groups is 1. The number of fused-ring (bicyclic) bond motifs is 1. The summed E-state index contributed by atoms with van der Waals surface area (Å²) in [7, 11) is 1.78. The Morgan fingerprint density at radius 3 is 3.05 bits per heavy atom. The maximum absolute atomic E-state index is 11.4. The van der Waals surface area contributed by atoms with Crippen LogP contribution in [-0.2, 0) is 13.5 Å². The van der Waals surface area contributed by atoms with Gasteiger partial charge in [0.25, 0.3) is 0 Å². The Bertz CT molecular complexity index is 780. The zero-order valence-electron chi connectivity index (χ0n) is 11.4. The van der Waals surface area contributed by atoms with Crippen molar-refractivity contribution in [3.05, 3.63) is 40.3 Å². The number of pyridine rings is 1. The molecule has 0 bridgehead atoms. The second kappa shape index (κ2) is 5.53. The molecule has 108 valence electrons. The van der Waals surface area contributed by atoms with Crippen molar-refractivity contribution in [2.45, 2.75) is 6.42 Å². The highest BCUT2D eigenvalue weighted by Gasteiger charge is 2.16. The van der Waals surface area contributed by atoms with Crippen molar-refractivity contribution < 1.29 is 9.90 Å². The van der Waals surface area contributed by atoms with Crippen LogP contribution < -0.4 is 5.32 Å². The van der Waals surface area contributed by atoms with E-state index in [9.17, 15) is 9.90 Å². The summed E-state index contributed by atoms with van der Waals surface area (Å²) >= 11 is 1.65. The van der Waals surface area contributed by atoms with Crippen LogP contribution in [0.3, 0.4) is 0 Å². The van der Waals surface area contributed by atoms with Gasteiger partial charge in [-0.3, -0.25) is 4.68 Å². The van der Waals surface area contributed by atoms with E-state index in [2.05, 4.69) is 26.8 Å². The van der Waals surface area contributed by atoms with Crippen molar-refractivity contribution in [1.82, 2.24) is 14.8 Å². The summed E-state index contributed by atoms with van der Waals surface area (Å²) in [5.41, 5.74) is 2.65. The summed E-state index contributed by atoms with van der Waals surface area (Å²) in [6, 6.07) is 2.07. The van der Waals surface area contributed by atoms with Gasteiger partial charge in [-0.2, -0.15) is 16.4 Å². The van der Waals surface area contributed by atoms with Crippen LogP contribution in [0.1, 0.15) is 15.9 Å². The van der Waals surface area contributed by atoms with Crippen molar-refractivity contribution in [2.24, 2.45) is 7.05 Å². The zero-order valence-corrected chi connectivity index (χ0v) is 12.2. The molecule has 21 heavy (non-hydrogen) atoms. The lowest BCUT2D eigenvalue weighted by Crippen LogP contribution is -2.10. The van der Waals surface area contributed by atoms with Crippen LogP contribution >= 0.6 is 11.3 Å². The number of nitrogens with one attached hydrogen (secondary N) is 1. The van der Waals surface area contributed by atoms with E-state index in [1.807, 2.05) is 5.38 Å². The normalized spacial score (nSPS) is 10.9. The Labute approximate surface area is 125 Å². The summed E-state index contributed by atoms with van der Waals surface area (Å²) < 4.78 is 1.63. The first-order valence-electron chi connectivity index (χ1n) is 6.46. The summed E-state index contributed by atoms with van der Waals surface area (Å²) in [6.07, 6.45) is 3.85. The summed E-state index contributed by atoms with van der Waals surface area (Å²) in [5, 5.41) is 21.5. The van der Waals surface area contributed by atoms with E-state index in [0.717, 1.165) is 11.8 Å². The molecular formula is C14H14N4O2S. The Hall–Kier alpha value is -2.41. The molecule has 0 aromatic carbocycles.